The van der Waals surface area contributed by atoms with Gasteiger partial charge in [0.25, 0.3) is 0 Å². The molecule has 7 nitrogen and oxygen atoms in total. The Morgan fingerprint density at radius 3 is 2.31 bits per heavy atom. The first kappa shape index (κ1) is 29.3. The highest BCUT2D eigenvalue weighted by molar-refractivity contribution is 6.01. The van der Waals surface area contributed by atoms with E-state index in [0.717, 1.165) is 27.7 Å². The van der Waals surface area contributed by atoms with E-state index in [9.17, 15) is 13.6 Å². The van der Waals surface area contributed by atoms with E-state index in [1.807, 2.05) is 80.1 Å². The van der Waals surface area contributed by atoms with Crippen molar-refractivity contribution in [2.75, 3.05) is 5.32 Å². The number of carbonyl (C=O) groups excluding carboxylic acids is 1. The lowest BCUT2D eigenvalue weighted by molar-refractivity contribution is -0.00647. The van der Waals surface area contributed by atoms with Gasteiger partial charge in [-0.05, 0) is 35.9 Å². The van der Waals surface area contributed by atoms with Gasteiger partial charge in [0.2, 0.25) is 5.92 Å². The molecule has 4 rings (SSSR count). The summed E-state index contributed by atoms with van der Waals surface area (Å²) in [6.07, 6.45) is 3.02. The summed E-state index contributed by atoms with van der Waals surface area (Å²) in [7, 11) is 1.91. The normalized spacial score (nSPS) is 11.8. The molecule has 0 radical (unpaired) electrons. The van der Waals surface area contributed by atoms with Crippen LogP contribution in [0.25, 0.3) is 28.0 Å². The van der Waals surface area contributed by atoms with Gasteiger partial charge in [0.1, 0.15) is 5.82 Å². The third-order valence-electron chi connectivity index (χ3n) is 6.44. The fourth-order valence-electron chi connectivity index (χ4n) is 3.81. The van der Waals surface area contributed by atoms with E-state index in [1.54, 1.807) is 6.20 Å². The number of benzene rings is 2. The molecule has 0 unspecified atom stereocenters. The molecule has 206 valence electrons. The molecular weight excluding hydrogens is 498 g/mol. The summed E-state index contributed by atoms with van der Waals surface area (Å²) < 4.78 is 25.7. The molecule has 0 saturated carbocycles. The lowest BCUT2D eigenvalue weighted by Crippen LogP contribution is -2.11. The number of aromatic nitrogens is 3. The monoisotopic (exact) mass is 534 g/mol. The van der Waals surface area contributed by atoms with Crippen molar-refractivity contribution in [2.45, 2.75) is 46.5 Å². The topological polar surface area (TPSA) is 112 Å². The van der Waals surface area contributed by atoms with Crippen molar-refractivity contribution in [3.05, 3.63) is 78.3 Å². The third kappa shape index (κ3) is 7.19. The quantitative estimate of drug-likeness (QED) is 0.213. The first-order valence-electron chi connectivity index (χ1n) is 12.9. The van der Waals surface area contributed by atoms with E-state index < -0.39 is 5.92 Å². The third-order valence-corrected chi connectivity index (χ3v) is 6.44. The van der Waals surface area contributed by atoms with Gasteiger partial charge in [-0.15, -0.1) is 0 Å². The number of alkyl halides is 2. The molecule has 0 aliphatic carbocycles. The number of hydrogen-bond donors (Lipinski definition) is 3. The second-order valence-electron chi connectivity index (χ2n) is 9.53. The molecule has 0 atom stereocenters. The highest BCUT2D eigenvalue weighted by atomic mass is 19.3. The highest BCUT2D eigenvalue weighted by Gasteiger charge is 2.22. The van der Waals surface area contributed by atoms with Crippen LogP contribution in [0.15, 0.2) is 67.0 Å². The van der Waals surface area contributed by atoms with Gasteiger partial charge in [0.15, 0.2) is 11.6 Å². The van der Waals surface area contributed by atoms with E-state index in [4.69, 9.17) is 11.5 Å². The predicted octanol–water partition coefficient (Wildman–Crippen LogP) is 6.88. The zero-order valence-corrected chi connectivity index (χ0v) is 23.0. The lowest BCUT2D eigenvalue weighted by atomic mass is 10.1. The number of carbonyl (C=O) groups is 1. The van der Waals surface area contributed by atoms with Crippen LogP contribution in [0.1, 0.15) is 56.6 Å². The molecular formula is C30H36F2N6O. The molecule has 39 heavy (non-hydrogen) atoms. The maximum absolute atomic E-state index is 12.5. The molecule has 5 N–H and O–H groups in total. The van der Waals surface area contributed by atoms with Crippen molar-refractivity contribution >= 4 is 33.9 Å². The number of nitrogens with one attached hydrogen (secondary N) is 1. The molecule has 9 heteroatoms. The van der Waals surface area contributed by atoms with Gasteiger partial charge in [-0.2, -0.15) is 0 Å². The molecule has 2 aromatic carbocycles. The number of ketones is 1. The van der Waals surface area contributed by atoms with Crippen LogP contribution in [0.3, 0.4) is 0 Å². The molecule has 0 fully saturated rings. The minimum absolute atomic E-state index is 0.0382. The van der Waals surface area contributed by atoms with Gasteiger partial charge in [-0.1, -0.05) is 52.0 Å². The number of halogens is 2. The van der Waals surface area contributed by atoms with Gasteiger partial charge >= 0.3 is 0 Å². The van der Waals surface area contributed by atoms with Crippen LogP contribution >= 0.6 is 0 Å². The van der Waals surface area contributed by atoms with Crippen molar-refractivity contribution in [3.8, 4) is 11.4 Å². The van der Waals surface area contributed by atoms with Gasteiger partial charge in [-0.3, -0.25) is 4.79 Å². The number of anilines is 2. The summed E-state index contributed by atoms with van der Waals surface area (Å²) >= 11 is 0. The molecule has 0 aliphatic rings. The van der Waals surface area contributed by atoms with Crippen molar-refractivity contribution in [2.24, 2.45) is 24.4 Å². The Hall–Kier alpha value is -4.27. The molecule has 0 bridgehead atoms. The minimum Gasteiger partial charge on any atom is -0.403 e. The minimum atomic E-state index is -2.42. The maximum Gasteiger partial charge on any atom is 0.247 e. The Morgan fingerprint density at radius 2 is 1.74 bits per heavy atom. The van der Waals surface area contributed by atoms with Crippen LogP contribution in [-0.4, -0.2) is 26.2 Å². The van der Waals surface area contributed by atoms with Crippen molar-refractivity contribution in [1.82, 2.24) is 14.5 Å². The maximum atomic E-state index is 12.5. The fourth-order valence-corrected chi connectivity index (χ4v) is 3.81. The number of hydrogen-bond acceptors (Lipinski definition) is 6. The Labute approximate surface area is 228 Å². The summed E-state index contributed by atoms with van der Waals surface area (Å²) in [5.41, 5.74) is 16.1. The van der Waals surface area contributed by atoms with E-state index in [0.29, 0.717) is 23.0 Å². The van der Waals surface area contributed by atoms with E-state index in [2.05, 4.69) is 15.3 Å². The van der Waals surface area contributed by atoms with Crippen molar-refractivity contribution < 1.29 is 13.6 Å². The first-order chi connectivity index (χ1) is 18.5. The van der Waals surface area contributed by atoms with Gasteiger partial charge in [-0.25, -0.2) is 18.7 Å². The summed E-state index contributed by atoms with van der Waals surface area (Å²) in [5, 5.41) is 4.30. The van der Waals surface area contributed by atoms with Crippen molar-refractivity contribution in [3.63, 3.8) is 0 Å². The van der Waals surface area contributed by atoms with Crippen LogP contribution in [-0.2, 0) is 7.05 Å². The van der Waals surface area contributed by atoms with Crippen LogP contribution in [0.2, 0.25) is 0 Å². The summed E-state index contributed by atoms with van der Waals surface area (Å²) in [6.45, 7) is 6.80. The summed E-state index contributed by atoms with van der Waals surface area (Å²) in [4.78, 5) is 21.6. The van der Waals surface area contributed by atoms with Gasteiger partial charge < -0.3 is 21.4 Å². The average molecular weight is 535 g/mol. The fraction of sp³-hybridized carbons (Fsp3) is 0.300. The zero-order valence-electron chi connectivity index (χ0n) is 23.0. The SMILES string of the molecule is CC(C)C(=O)c1cc2ccc(-c3nccc(Nc4ccc(/C(N)=C/N)cc4)n3)cc2n1C.CCC(F)(F)CC. The predicted molar refractivity (Wildman–Crippen MR) is 155 cm³/mol. The Balaban J connectivity index is 0.000000532. The molecule has 4 aromatic rings. The molecule has 2 aromatic heterocycles. The first-order valence-corrected chi connectivity index (χ1v) is 12.9. The van der Waals surface area contributed by atoms with Gasteiger partial charge in [0.05, 0.1) is 11.4 Å². The summed E-state index contributed by atoms with van der Waals surface area (Å²) in [5.74, 6) is -1.07. The Morgan fingerprint density at radius 1 is 1.08 bits per heavy atom. The Kier molecular flexibility index (Phi) is 9.40. The van der Waals surface area contributed by atoms with Gasteiger partial charge in [0, 0.05) is 60.4 Å². The van der Waals surface area contributed by atoms with Crippen molar-refractivity contribution in [1.29, 1.82) is 0 Å². The van der Waals surface area contributed by atoms with Crippen LogP contribution < -0.4 is 16.8 Å². The second-order valence-corrected chi connectivity index (χ2v) is 9.53. The number of nitrogens with two attached hydrogens (primary N) is 2. The largest absolute Gasteiger partial charge is 0.403 e. The average Bonchev–Trinajstić information content (AvgIpc) is 3.28. The molecule has 0 spiro atoms. The number of nitrogens with zero attached hydrogens (tertiary/aromatic N) is 3. The second kappa shape index (κ2) is 12.5. The molecule has 2 heterocycles. The number of Topliss-reactive ketones (excluding diaryl/α,β-unsaturated/α-hetero) is 1. The Bertz CT molecular complexity index is 1450. The molecule has 0 amide bonds. The zero-order chi connectivity index (χ0) is 28.7. The van der Waals surface area contributed by atoms with Crippen LogP contribution in [0, 0.1) is 5.92 Å². The van der Waals surface area contributed by atoms with E-state index >= 15 is 0 Å². The molecule has 0 aliphatic heterocycles. The number of aryl methyl sites for hydroxylation is 1. The lowest BCUT2D eigenvalue weighted by Gasteiger charge is -2.09. The van der Waals surface area contributed by atoms with Crippen LogP contribution in [0.5, 0.6) is 0 Å². The van der Waals surface area contributed by atoms with E-state index in [-0.39, 0.29) is 24.5 Å². The van der Waals surface area contributed by atoms with Crippen LogP contribution in [0.4, 0.5) is 20.3 Å². The number of rotatable bonds is 8. The highest BCUT2D eigenvalue weighted by Crippen LogP contribution is 2.27. The van der Waals surface area contributed by atoms with E-state index in [1.165, 1.54) is 20.0 Å². The number of fused-ring (bicyclic) bond motifs is 1. The standard InChI is InChI=1S/C25H26N6O.C5H10F2/c1-15(2)24(32)22-12-17-4-5-18(13-21(17)31(22)3)25-28-11-10-23(30-25)29-19-8-6-16(7-9-19)20(27)14-26;1-3-5(6,7)4-2/h4-15H,26-27H2,1-3H3,(H,28,29,30);3-4H2,1-2H3/b20-14-;. The smallest absolute Gasteiger partial charge is 0.247 e. The summed E-state index contributed by atoms with van der Waals surface area (Å²) in [6, 6.07) is 17.4. The molecule has 0 saturated heterocycles.